The predicted octanol–water partition coefficient (Wildman–Crippen LogP) is 3.56. The van der Waals surface area contributed by atoms with Crippen LogP contribution in [0.3, 0.4) is 0 Å². The highest BCUT2D eigenvalue weighted by Crippen LogP contribution is 2.32. The van der Waals surface area contributed by atoms with Gasteiger partial charge in [0.15, 0.2) is 9.99 Å². The lowest BCUT2D eigenvalue weighted by molar-refractivity contribution is 0.780. The summed E-state index contributed by atoms with van der Waals surface area (Å²) in [6.07, 6.45) is 5.45. The summed E-state index contributed by atoms with van der Waals surface area (Å²) in [6, 6.07) is 9.86. The zero-order valence-electron chi connectivity index (χ0n) is 13.6. The molecule has 0 aliphatic rings. The number of aromatic nitrogens is 6. The van der Waals surface area contributed by atoms with Gasteiger partial charge in [0.2, 0.25) is 0 Å². The Kier molecular flexibility index (Phi) is 4.33. The van der Waals surface area contributed by atoms with Gasteiger partial charge >= 0.3 is 0 Å². The van der Waals surface area contributed by atoms with Crippen LogP contribution >= 0.6 is 23.1 Å². The first-order chi connectivity index (χ1) is 12.2. The Labute approximate surface area is 152 Å². The summed E-state index contributed by atoms with van der Waals surface area (Å²) < 4.78 is 3.69. The monoisotopic (exact) mass is 369 g/mol. The van der Waals surface area contributed by atoms with Gasteiger partial charge in [-0.05, 0) is 25.3 Å². The summed E-state index contributed by atoms with van der Waals surface area (Å²) in [4.78, 5) is 13.1. The highest BCUT2D eigenvalue weighted by Gasteiger charge is 2.15. The number of nitrogens with zero attached hydrogens (tertiary/aromatic N) is 6. The van der Waals surface area contributed by atoms with Crippen molar-refractivity contribution in [2.24, 2.45) is 0 Å². The van der Waals surface area contributed by atoms with E-state index in [1.807, 2.05) is 49.7 Å². The summed E-state index contributed by atoms with van der Waals surface area (Å²) in [7, 11) is 0. The van der Waals surface area contributed by atoms with Crippen LogP contribution in [-0.4, -0.2) is 36.2 Å². The molecule has 0 saturated heterocycles. The summed E-state index contributed by atoms with van der Waals surface area (Å²) in [6.45, 7) is 2.03. The van der Waals surface area contributed by atoms with Crippen LogP contribution in [0.1, 0.15) is 18.7 Å². The molecule has 4 rings (SSSR count). The van der Waals surface area contributed by atoms with Gasteiger partial charge in [0, 0.05) is 0 Å². The molecular formula is C16H15N7S2. The molecule has 0 amide bonds. The van der Waals surface area contributed by atoms with Gasteiger partial charge in [0.25, 0.3) is 0 Å². The van der Waals surface area contributed by atoms with Gasteiger partial charge in [0.05, 0.1) is 17.9 Å². The molecule has 0 aliphatic heterocycles. The van der Waals surface area contributed by atoms with Crippen LogP contribution in [0, 0.1) is 0 Å². The predicted molar refractivity (Wildman–Crippen MR) is 100 cm³/mol. The molecule has 1 N–H and O–H groups in total. The molecule has 9 heteroatoms. The van der Waals surface area contributed by atoms with E-state index in [4.69, 9.17) is 0 Å². The number of benzene rings is 1. The largest absolute Gasteiger partial charge is 0.360 e. The second kappa shape index (κ2) is 6.77. The van der Waals surface area contributed by atoms with E-state index in [-0.39, 0.29) is 6.04 Å². The second-order valence-corrected chi connectivity index (χ2v) is 7.40. The molecule has 0 bridgehead atoms. The van der Waals surface area contributed by atoms with Crippen molar-refractivity contribution < 1.29 is 0 Å². The van der Waals surface area contributed by atoms with Crippen molar-refractivity contribution in [1.82, 2.24) is 29.9 Å². The Balaban J connectivity index is 1.59. The van der Waals surface area contributed by atoms with E-state index in [2.05, 4.69) is 30.6 Å². The molecule has 1 aromatic carbocycles. The zero-order chi connectivity index (χ0) is 17.2. The van der Waals surface area contributed by atoms with Gasteiger partial charge in [-0.25, -0.2) is 19.6 Å². The normalized spacial score (nSPS) is 12.4. The lowest BCUT2D eigenvalue weighted by Gasteiger charge is -2.11. The van der Waals surface area contributed by atoms with Crippen LogP contribution < -0.4 is 5.32 Å². The molecular weight excluding hydrogens is 354 g/mol. The minimum atomic E-state index is -0.0459. The van der Waals surface area contributed by atoms with Gasteiger partial charge < -0.3 is 5.32 Å². The number of rotatable bonds is 5. The third kappa shape index (κ3) is 3.20. The second-order valence-electron chi connectivity index (χ2n) is 5.35. The van der Waals surface area contributed by atoms with Crippen molar-refractivity contribution in [2.45, 2.75) is 17.3 Å². The Hall–Kier alpha value is -2.52. The Morgan fingerprint density at radius 1 is 1.20 bits per heavy atom. The number of hydrogen-bond donors (Lipinski definition) is 1. The fourth-order valence-corrected chi connectivity index (χ4v) is 3.85. The average Bonchev–Trinajstić information content (AvgIpc) is 3.30. The SMILES string of the molecule is CSc1nc2ncnc(NC(C)c3cn(-c4ccccc4)nn3)c2s1. The molecule has 3 aromatic heterocycles. The molecule has 25 heavy (non-hydrogen) atoms. The van der Waals surface area contributed by atoms with Crippen molar-refractivity contribution in [3.8, 4) is 5.69 Å². The van der Waals surface area contributed by atoms with Gasteiger partial charge in [-0.15, -0.1) is 16.4 Å². The van der Waals surface area contributed by atoms with E-state index in [0.29, 0.717) is 5.65 Å². The number of thioether (sulfide) groups is 1. The fourth-order valence-electron chi connectivity index (χ4n) is 2.39. The Morgan fingerprint density at radius 2 is 2.04 bits per heavy atom. The van der Waals surface area contributed by atoms with Gasteiger partial charge in [0.1, 0.15) is 22.5 Å². The molecule has 0 saturated carbocycles. The number of nitrogens with one attached hydrogen (secondary N) is 1. The van der Waals surface area contributed by atoms with Crippen LogP contribution in [0.15, 0.2) is 47.2 Å². The van der Waals surface area contributed by atoms with Crippen molar-refractivity contribution in [3.05, 3.63) is 48.5 Å². The molecule has 3 heterocycles. The lowest BCUT2D eigenvalue weighted by Crippen LogP contribution is -2.08. The number of para-hydroxylation sites is 1. The van der Waals surface area contributed by atoms with Gasteiger partial charge in [-0.3, -0.25) is 0 Å². The van der Waals surface area contributed by atoms with Crippen LogP contribution in [0.25, 0.3) is 16.0 Å². The quantitative estimate of drug-likeness (QED) is 0.539. The molecule has 1 unspecified atom stereocenters. The van der Waals surface area contributed by atoms with Crippen molar-refractivity contribution in [3.63, 3.8) is 0 Å². The Bertz CT molecular complexity index is 996. The highest BCUT2D eigenvalue weighted by atomic mass is 32.2. The summed E-state index contributed by atoms with van der Waals surface area (Å²) in [5, 5.41) is 11.9. The van der Waals surface area contributed by atoms with E-state index < -0.39 is 0 Å². The van der Waals surface area contributed by atoms with Gasteiger partial charge in [-0.1, -0.05) is 35.2 Å². The van der Waals surface area contributed by atoms with Crippen molar-refractivity contribution >= 4 is 39.3 Å². The topological polar surface area (TPSA) is 81.4 Å². The lowest BCUT2D eigenvalue weighted by atomic mass is 10.2. The third-order valence-electron chi connectivity index (χ3n) is 3.67. The van der Waals surface area contributed by atoms with E-state index in [1.165, 1.54) is 6.33 Å². The van der Waals surface area contributed by atoms with Crippen LogP contribution in [0.5, 0.6) is 0 Å². The number of anilines is 1. The summed E-state index contributed by atoms with van der Waals surface area (Å²) >= 11 is 3.19. The maximum atomic E-state index is 4.47. The molecule has 0 radical (unpaired) electrons. The number of hydrogen-bond acceptors (Lipinski definition) is 8. The summed E-state index contributed by atoms with van der Waals surface area (Å²) in [5.41, 5.74) is 2.53. The highest BCUT2D eigenvalue weighted by molar-refractivity contribution is 8.00. The van der Waals surface area contributed by atoms with E-state index >= 15 is 0 Å². The van der Waals surface area contributed by atoms with Crippen molar-refractivity contribution in [2.75, 3.05) is 11.6 Å². The molecule has 1 atom stereocenters. The zero-order valence-corrected chi connectivity index (χ0v) is 15.3. The van der Waals surface area contributed by atoms with Crippen LogP contribution in [0.4, 0.5) is 5.82 Å². The smallest absolute Gasteiger partial charge is 0.176 e. The third-order valence-corrected chi connectivity index (χ3v) is 5.71. The standard InChI is InChI=1S/C16H15N7S2/c1-10(12-8-23(22-21-12)11-6-4-3-5-7-11)19-14-13-15(18-9-17-14)20-16(24-2)25-13/h3-10H,1-2H3,(H,17,18,19). The summed E-state index contributed by atoms with van der Waals surface area (Å²) in [5.74, 6) is 0.768. The van der Waals surface area contributed by atoms with E-state index in [1.54, 1.807) is 27.8 Å². The molecule has 4 aromatic rings. The van der Waals surface area contributed by atoms with Gasteiger partial charge in [-0.2, -0.15) is 0 Å². The maximum absolute atomic E-state index is 4.47. The minimum absolute atomic E-state index is 0.0459. The van der Waals surface area contributed by atoms with E-state index in [0.717, 1.165) is 26.2 Å². The molecule has 0 fully saturated rings. The van der Waals surface area contributed by atoms with Crippen LogP contribution in [0.2, 0.25) is 0 Å². The fraction of sp³-hybridized carbons (Fsp3) is 0.188. The molecule has 0 aliphatic carbocycles. The molecule has 0 spiro atoms. The number of thiazole rings is 1. The number of fused-ring (bicyclic) bond motifs is 1. The molecule has 126 valence electrons. The average molecular weight is 369 g/mol. The molecule has 7 nitrogen and oxygen atoms in total. The Morgan fingerprint density at radius 3 is 2.84 bits per heavy atom. The van der Waals surface area contributed by atoms with Crippen LogP contribution in [-0.2, 0) is 0 Å². The first kappa shape index (κ1) is 16.0. The first-order valence-corrected chi connectivity index (χ1v) is 9.68. The minimum Gasteiger partial charge on any atom is -0.360 e. The van der Waals surface area contributed by atoms with E-state index in [9.17, 15) is 0 Å². The van der Waals surface area contributed by atoms with Crippen molar-refractivity contribution in [1.29, 1.82) is 0 Å². The maximum Gasteiger partial charge on any atom is 0.176 e. The first-order valence-electron chi connectivity index (χ1n) is 7.64.